The third-order valence-electron chi connectivity index (χ3n) is 2.29. The predicted molar refractivity (Wildman–Crippen MR) is 62.4 cm³/mol. The smallest absolute Gasteiger partial charge is 0.377 e. The van der Waals surface area contributed by atoms with Crippen LogP contribution in [0.3, 0.4) is 0 Å². The van der Waals surface area contributed by atoms with E-state index in [1.807, 2.05) is 0 Å². The summed E-state index contributed by atoms with van der Waals surface area (Å²) in [5.41, 5.74) is -0.815. The highest BCUT2D eigenvalue weighted by atomic mass is 35.5. The monoisotopic (exact) mass is 275 g/mol. The highest BCUT2D eigenvalue weighted by molar-refractivity contribution is 6.30. The molecule has 0 saturated carbocycles. The Kier molecular flexibility index (Phi) is 3.47. The van der Waals surface area contributed by atoms with Crippen LogP contribution in [0.2, 0.25) is 5.02 Å². The van der Waals surface area contributed by atoms with Gasteiger partial charge in [-0.05, 0) is 18.2 Å². The average Bonchev–Trinajstić information content (AvgIpc) is 2.79. The highest BCUT2D eigenvalue weighted by Crippen LogP contribution is 2.36. The Morgan fingerprint density at radius 2 is 2.11 bits per heavy atom. The molecule has 18 heavy (non-hydrogen) atoms. The Hall–Kier alpha value is -1.69. The number of aromatic nitrogens is 2. The molecule has 0 unspecified atom stereocenters. The van der Waals surface area contributed by atoms with Crippen LogP contribution >= 0.6 is 11.6 Å². The van der Waals surface area contributed by atoms with Crippen LogP contribution in [0, 0.1) is 0 Å². The molecule has 96 valence electrons. The summed E-state index contributed by atoms with van der Waals surface area (Å²) in [7, 11) is 0. The normalized spacial score (nSPS) is 11.6. The minimum Gasteiger partial charge on any atom is -0.377 e. The zero-order valence-electron chi connectivity index (χ0n) is 9.05. The highest BCUT2D eigenvalue weighted by Gasteiger charge is 2.33. The van der Waals surface area contributed by atoms with Gasteiger partial charge in [0.05, 0.1) is 12.1 Å². The molecular formula is C11H9ClF3N3. The van der Waals surface area contributed by atoms with E-state index in [0.717, 1.165) is 6.07 Å². The van der Waals surface area contributed by atoms with Gasteiger partial charge in [0.25, 0.3) is 0 Å². The summed E-state index contributed by atoms with van der Waals surface area (Å²) in [6.07, 6.45) is -1.32. The van der Waals surface area contributed by atoms with E-state index in [1.165, 1.54) is 18.3 Å². The lowest BCUT2D eigenvalue weighted by molar-refractivity contribution is -0.136. The summed E-state index contributed by atoms with van der Waals surface area (Å²) in [5.74, 6) is 0.554. The number of nitrogens with one attached hydrogen (secondary N) is 2. The predicted octanol–water partition coefficient (Wildman–Crippen LogP) is 3.69. The second kappa shape index (κ2) is 4.89. The molecular weight excluding hydrogens is 267 g/mol. The molecule has 1 aromatic heterocycles. The fourth-order valence-corrected chi connectivity index (χ4v) is 1.65. The van der Waals surface area contributed by atoms with E-state index in [9.17, 15) is 13.2 Å². The second-order valence-electron chi connectivity index (χ2n) is 3.58. The summed E-state index contributed by atoms with van der Waals surface area (Å²) in [4.78, 5) is 6.71. The average molecular weight is 276 g/mol. The van der Waals surface area contributed by atoms with E-state index >= 15 is 0 Å². The molecule has 0 spiro atoms. The van der Waals surface area contributed by atoms with Gasteiger partial charge in [0.1, 0.15) is 5.82 Å². The number of anilines is 1. The molecule has 1 heterocycles. The molecule has 7 heteroatoms. The molecule has 0 aliphatic heterocycles. The van der Waals surface area contributed by atoms with Gasteiger partial charge >= 0.3 is 6.18 Å². The number of halogens is 4. The Labute approximate surface area is 106 Å². The second-order valence-corrected chi connectivity index (χ2v) is 4.01. The number of alkyl halides is 3. The molecule has 0 saturated heterocycles. The Morgan fingerprint density at radius 1 is 1.33 bits per heavy atom. The van der Waals surface area contributed by atoms with Gasteiger partial charge in [0, 0.05) is 23.1 Å². The zero-order chi connectivity index (χ0) is 13.2. The lowest BCUT2D eigenvalue weighted by Gasteiger charge is -2.14. The third kappa shape index (κ3) is 2.95. The zero-order valence-corrected chi connectivity index (χ0v) is 9.81. The summed E-state index contributed by atoms with van der Waals surface area (Å²) in [6.45, 7) is 0.178. The van der Waals surface area contributed by atoms with Crippen LogP contribution in [-0.2, 0) is 12.7 Å². The molecule has 0 radical (unpaired) electrons. The van der Waals surface area contributed by atoms with Crippen LogP contribution in [0.15, 0.2) is 30.6 Å². The molecule has 0 fully saturated rings. The van der Waals surface area contributed by atoms with E-state index in [1.54, 1.807) is 6.20 Å². The maximum atomic E-state index is 12.8. The van der Waals surface area contributed by atoms with Crippen molar-refractivity contribution in [2.75, 3.05) is 5.32 Å². The lowest BCUT2D eigenvalue weighted by Crippen LogP contribution is -2.11. The number of hydrogen-bond donors (Lipinski definition) is 2. The Morgan fingerprint density at radius 3 is 2.72 bits per heavy atom. The summed E-state index contributed by atoms with van der Waals surface area (Å²) < 4.78 is 38.3. The quantitative estimate of drug-likeness (QED) is 0.897. The van der Waals surface area contributed by atoms with Crippen molar-refractivity contribution in [1.82, 2.24) is 9.97 Å². The number of H-pyrrole nitrogens is 1. The van der Waals surface area contributed by atoms with Gasteiger partial charge in [0.2, 0.25) is 0 Å². The van der Waals surface area contributed by atoms with Crippen molar-refractivity contribution >= 4 is 17.3 Å². The van der Waals surface area contributed by atoms with Gasteiger partial charge in [-0.1, -0.05) is 11.6 Å². The molecule has 1 aromatic carbocycles. The molecule has 2 rings (SSSR count). The van der Waals surface area contributed by atoms with Crippen molar-refractivity contribution in [3.63, 3.8) is 0 Å². The fraction of sp³-hybridized carbons (Fsp3) is 0.182. The first-order valence-electron chi connectivity index (χ1n) is 5.05. The first-order valence-corrected chi connectivity index (χ1v) is 5.43. The van der Waals surface area contributed by atoms with Gasteiger partial charge in [0.15, 0.2) is 0 Å². The van der Waals surface area contributed by atoms with Gasteiger partial charge in [-0.25, -0.2) is 4.98 Å². The van der Waals surface area contributed by atoms with Crippen LogP contribution in [0.4, 0.5) is 18.9 Å². The molecule has 2 aromatic rings. The van der Waals surface area contributed by atoms with Gasteiger partial charge < -0.3 is 10.3 Å². The van der Waals surface area contributed by atoms with Crippen molar-refractivity contribution in [3.05, 3.63) is 47.0 Å². The molecule has 0 amide bonds. The Bertz CT molecular complexity index is 523. The SMILES string of the molecule is FC(F)(F)c1cc(Cl)ccc1NCc1ncc[nH]1. The number of aromatic amines is 1. The number of nitrogens with zero attached hydrogens (tertiary/aromatic N) is 1. The van der Waals surface area contributed by atoms with Crippen molar-refractivity contribution in [2.45, 2.75) is 12.7 Å². The number of benzene rings is 1. The minimum atomic E-state index is -4.45. The maximum Gasteiger partial charge on any atom is 0.418 e. The maximum absolute atomic E-state index is 12.8. The van der Waals surface area contributed by atoms with Gasteiger partial charge in [-0.15, -0.1) is 0 Å². The van der Waals surface area contributed by atoms with Gasteiger partial charge in [-0.2, -0.15) is 13.2 Å². The summed E-state index contributed by atoms with van der Waals surface area (Å²) in [5, 5.41) is 2.72. The van der Waals surface area contributed by atoms with E-state index in [0.29, 0.717) is 5.82 Å². The number of rotatable bonds is 3. The molecule has 0 bridgehead atoms. The molecule has 3 nitrogen and oxygen atoms in total. The van der Waals surface area contributed by atoms with Crippen LogP contribution in [0.1, 0.15) is 11.4 Å². The minimum absolute atomic E-state index is 0.0247. The molecule has 2 N–H and O–H groups in total. The van der Waals surface area contributed by atoms with E-state index < -0.39 is 11.7 Å². The fourth-order valence-electron chi connectivity index (χ4n) is 1.48. The molecule has 0 aliphatic rings. The third-order valence-corrected chi connectivity index (χ3v) is 2.52. The largest absolute Gasteiger partial charge is 0.418 e. The van der Waals surface area contributed by atoms with Crippen LogP contribution in [0.5, 0.6) is 0 Å². The van der Waals surface area contributed by atoms with Crippen LogP contribution in [-0.4, -0.2) is 9.97 Å². The first-order chi connectivity index (χ1) is 8.47. The van der Waals surface area contributed by atoms with Crippen molar-refractivity contribution < 1.29 is 13.2 Å². The van der Waals surface area contributed by atoms with Crippen LogP contribution < -0.4 is 5.32 Å². The first kappa shape index (κ1) is 12.8. The van der Waals surface area contributed by atoms with Crippen molar-refractivity contribution in [1.29, 1.82) is 0 Å². The van der Waals surface area contributed by atoms with E-state index in [2.05, 4.69) is 15.3 Å². The van der Waals surface area contributed by atoms with Crippen molar-refractivity contribution in [2.24, 2.45) is 0 Å². The van der Waals surface area contributed by atoms with Crippen molar-refractivity contribution in [3.8, 4) is 0 Å². The molecule has 0 atom stereocenters. The molecule has 0 aliphatic carbocycles. The summed E-state index contributed by atoms with van der Waals surface area (Å²) in [6, 6.07) is 3.60. The lowest BCUT2D eigenvalue weighted by atomic mass is 10.1. The van der Waals surface area contributed by atoms with Crippen LogP contribution in [0.25, 0.3) is 0 Å². The summed E-state index contributed by atoms with van der Waals surface area (Å²) >= 11 is 5.58. The topological polar surface area (TPSA) is 40.7 Å². The van der Waals surface area contributed by atoms with E-state index in [4.69, 9.17) is 11.6 Å². The Balaban J connectivity index is 2.22. The number of hydrogen-bond acceptors (Lipinski definition) is 2. The van der Waals surface area contributed by atoms with E-state index in [-0.39, 0.29) is 17.3 Å². The standard InChI is InChI=1S/C11H9ClF3N3/c12-7-1-2-9(8(5-7)11(13,14)15)18-6-10-16-3-4-17-10/h1-5,18H,6H2,(H,16,17). The number of imidazole rings is 1. The van der Waals surface area contributed by atoms with Gasteiger partial charge in [-0.3, -0.25) is 0 Å².